The number of nitro groups is 1. The standard InChI is InChI=1S/C27H38N8O2/c1-26(2,3)34-23-17-21(31(7)8)22(32(9)10)18-24(23)35(27(4,5)6)25(34)29-30-28-20-13-11-19(12-14-20)15-16-33(36)37/h11-18H,1-10H3/b16-15+,30-28?. The lowest BCUT2D eigenvalue weighted by atomic mass is 10.1. The summed E-state index contributed by atoms with van der Waals surface area (Å²) in [4.78, 5) is 14.3. The van der Waals surface area contributed by atoms with Crippen LogP contribution in [0.4, 0.5) is 17.1 Å². The third-order valence-electron chi connectivity index (χ3n) is 5.83. The minimum Gasteiger partial charge on any atom is -0.376 e. The number of hydrogen-bond donors (Lipinski definition) is 0. The van der Waals surface area contributed by atoms with E-state index < -0.39 is 4.92 Å². The van der Waals surface area contributed by atoms with Crippen LogP contribution >= 0.6 is 0 Å². The molecule has 0 aliphatic carbocycles. The van der Waals surface area contributed by atoms with Gasteiger partial charge in [-0.2, -0.15) is 0 Å². The van der Waals surface area contributed by atoms with E-state index in [1.54, 1.807) is 24.3 Å². The molecule has 2 aromatic carbocycles. The molecule has 10 heteroatoms. The third kappa shape index (κ3) is 6.07. The molecule has 0 atom stereocenters. The van der Waals surface area contributed by atoms with Crippen LogP contribution in [-0.4, -0.2) is 42.2 Å². The molecule has 0 aliphatic rings. The Morgan fingerprint density at radius 2 is 1.30 bits per heavy atom. The molecule has 1 aromatic heterocycles. The van der Waals surface area contributed by atoms with Gasteiger partial charge in [0.1, 0.15) is 0 Å². The number of nitrogens with zero attached hydrogens (tertiary/aromatic N) is 8. The summed E-state index contributed by atoms with van der Waals surface area (Å²) in [5.41, 5.74) is 5.80. The van der Waals surface area contributed by atoms with Crippen LogP contribution in [0.2, 0.25) is 0 Å². The van der Waals surface area contributed by atoms with Crippen molar-refractivity contribution in [3.8, 4) is 0 Å². The molecule has 3 rings (SSSR count). The van der Waals surface area contributed by atoms with Gasteiger partial charge in [0.05, 0.1) is 33.0 Å². The fraction of sp³-hybridized carbons (Fsp3) is 0.444. The first kappa shape index (κ1) is 27.6. The topological polar surface area (TPSA) is 96.6 Å². The molecule has 0 aliphatic heterocycles. The van der Waals surface area contributed by atoms with Gasteiger partial charge in [-0.25, -0.2) is 0 Å². The molecule has 0 amide bonds. The van der Waals surface area contributed by atoms with Crippen molar-refractivity contribution in [3.63, 3.8) is 0 Å². The zero-order chi connectivity index (χ0) is 27.7. The smallest absolute Gasteiger partial charge is 0.235 e. The van der Waals surface area contributed by atoms with Gasteiger partial charge in [-0.15, -0.1) is 5.11 Å². The molecule has 0 bridgehead atoms. The molecule has 0 saturated heterocycles. The van der Waals surface area contributed by atoms with Gasteiger partial charge < -0.3 is 18.9 Å². The van der Waals surface area contributed by atoms with Gasteiger partial charge in [-0.05, 0) is 76.6 Å². The fourth-order valence-corrected chi connectivity index (χ4v) is 4.27. The minimum atomic E-state index is -0.492. The zero-order valence-corrected chi connectivity index (χ0v) is 23.5. The van der Waals surface area contributed by atoms with Gasteiger partial charge in [0.2, 0.25) is 11.8 Å². The largest absolute Gasteiger partial charge is 0.376 e. The lowest BCUT2D eigenvalue weighted by Crippen LogP contribution is -2.40. The summed E-state index contributed by atoms with van der Waals surface area (Å²) in [6.45, 7) is 12.9. The highest BCUT2D eigenvalue weighted by molar-refractivity contribution is 5.89. The summed E-state index contributed by atoms with van der Waals surface area (Å²) >= 11 is 0. The van der Waals surface area contributed by atoms with E-state index in [1.807, 2.05) is 28.2 Å². The number of fused-ring (bicyclic) bond motifs is 1. The fourth-order valence-electron chi connectivity index (χ4n) is 4.27. The van der Waals surface area contributed by atoms with E-state index in [4.69, 9.17) is 0 Å². The molecule has 10 nitrogen and oxygen atoms in total. The summed E-state index contributed by atoms with van der Waals surface area (Å²) in [5.74, 6) is 0. The average molecular weight is 507 g/mol. The quantitative estimate of drug-likeness (QED) is 0.235. The van der Waals surface area contributed by atoms with Crippen molar-refractivity contribution in [2.24, 2.45) is 15.4 Å². The van der Waals surface area contributed by atoms with Crippen LogP contribution in [0, 0.1) is 10.1 Å². The highest BCUT2D eigenvalue weighted by atomic mass is 16.6. The SMILES string of the molecule is CN(C)c1cc2c(cc1N(C)C)n(C(C)(C)C)c(=NN=Nc1ccc(/C=C/[N+](=O)[O-])cc1)n2C(C)(C)C. The van der Waals surface area contributed by atoms with Crippen molar-refractivity contribution in [2.45, 2.75) is 52.6 Å². The third-order valence-corrected chi connectivity index (χ3v) is 5.83. The van der Waals surface area contributed by atoms with Crippen LogP contribution in [0.25, 0.3) is 17.1 Å². The van der Waals surface area contributed by atoms with Crippen molar-refractivity contribution < 1.29 is 4.92 Å². The number of benzene rings is 2. The van der Waals surface area contributed by atoms with Gasteiger partial charge >= 0.3 is 0 Å². The number of anilines is 2. The summed E-state index contributed by atoms with van der Waals surface area (Å²) < 4.78 is 4.43. The van der Waals surface area contributed by atoms with Crippen LogP contribution < -0.4 is 15.4 Å². The van der Waals surface area contributed by atoms with Gasteiger partial charge in [0.15, 0.2) is 0 Å². The summed E-state index contributed by atoms with van der Waals surface area (Å²) in [5, 5.41) is 23.7. The van der Waals surface area contributed by atoms with Gasteiger partial charge in [-0.1, -0.05) is 17.2 Å². The molecule has 198 valence electrons. The first-order valence-electron chi connectivity index (χ1n) is 12.1. The Kier molecular flexibility index (Phi) is 7.62. The number of aromatic nitrogens is 2. The molecule has 0 N–H and O–H groups in total. The van der Waals surface area contributed by atoms with E-state index in [1.165, 1.54) is 6.08 Å². The second-order valence-corrected chi connectivity index (χ2v) is 11.4. The van der Waals surface area contributed by atoms with Gasteiger partial charge in [0, 0.05) is 45.3 Å². The van der Waals surface area contributed by atoms with Crippen LogP contribution in [0.1, 0.15) is 47.1 Å². The predicted molar refractivity (Wildman–Crippen MR) is 151 cm³/mol. The molecular weight excluding hydrogens is 468 g/mol. The number of hydrogen-bond acceptors (Lipinski definition) is 6. The molecule has 1 heterocycles. The van der Waals surface area contributed by atoms with E-state index in [0.717, 1.165) is 28.6 Å². The Morgan fingerprint density at radius 1 is 0.838 bits per heavy atom. The second kappa shape index (κ2) is 10.2. The monoisotopic (exact) mass is 506 g/mol. The number of rotatable bonds is 6. The maximum Gasteiger partial charge on any atom is 0.235 e. The molecular formula is C27H38N8O2. The highest BCUT2D eigenvalue weighted by Crippen LogP contribution is 2.35. The maximum absolute atomic E-state index is 10.5. The Labute approximate surface area is 218 Å². The summed E-state index contributed by atoms with van der Waals surface area (Å²) in [6.07, 6.45) is 2.34. The van der Waals surface area contributed by atoms with Crippen LogP contribution in [0.5, 0.6) is 0 Å². The van der Waals surface area contributed by atoms with E-state index in [-0.39, 0.29) is 11.1 Å². The minimum absolute atomic E-state index is 0.280. The lowest BCUT2D eigenvalue weighted by molar-refractivity contribution is -0.400. The molecule has 3 aromatic rings. The van der Waals surface area contributed by atoms with Crippen LogP contribution in [0.15, 0.2) is 58.0 Å². The van der Waals surface area contributed by atoms with E-state index >= 15 is 0 Å². The first-order valence-corrected chi connectivity index (χ1v) is 12.1. The van der Waals surface area contributed by atoms with Crippen molar-refractivity contribution in [2.75, 3.05) is 38.0 Å². The Balaban J connectivity index is 2.27. The molecule has 0 unspecified atom stereocenters. The lowest BCUT2D eigenvalue weighted by Gasteiger charge is -2.25. The van der Waals surface area contributed by atoms with E-state index in [0.29, 0.717) is 16.9 Å². The Morgan fingerprint density at radius 3 is 1.68 bits per heavy atom. The van der Waals surface area contributed by atoms with Crippen molar-refractivity contribution in [1.29, 1.82) is 0 Å². The zero-order valence-electron chi connectivity index (χ0n) is 23.5. The molecule has 37 heavy (non-hydrogen) atoms. The Bertz CT molecular complexity index is 1340. The summed E-state index contributed by atoms with van der Waals surface area (Å²) in [7, 11) is 8.20. The maximum atomic E-state index is 10.5. The second-order valence-electron chi connectivity index (χ2n) is 11.4. The molecule has 0 radical (unpaired) electrons. The first-order chi connectivity index (χ1) is 17.1. The number of imidazole rings is 1. The molecule has 0 saturated carbocycles. The van der Waals surface area contributed by atoms with Crippen LogP contribution in [-0.2, 0) is 11.1 Å². The summed E-state index contributed by atoms with van der Waals surface area (Å²) in [6, 6.07) is 11.4. The molecule has 0 spiro atoms. The van der Waals surface area contributed by atoms with Crippen LogP contribution in [0.3, 0.4) is 0 Å². The van der Waals surface area contributed by atoms with Crippen molar-refractivity contribution in [1.82, 2.24) is 9.13 Å². The van der Waals surface area contributed by atoms with Gasteiger partial charge in [0.25, 0.3) is 0 Å². The molecule has 0 fully saturated rings. The van der Waals surface area contributed by atoms with E-state index in [2.05, 4.69) is 88.0 Å². The van der Waals surface area contributed by atoms with E-state index in [9.17, 15) is 10.1 Å². The van der Waals surface area contributed by atoms with Crippen molar-refractivity contribution >= 4 is 34.2 Å². The predicted octanol–water partition coefficient (Wildman–Crippen LogP) is 5.93. The van der Waals surface area contributed by atoms with Crippen molar-refractivity contribution in [3.05, 3.63) is 63.9 Å². The Hall–Kier alpha value is -3.95. The highest BCUT2D eigenvalue weighted by Gasteiger charge is 2.28. The van der Waals surface area contributed by atoms with Gasteiger partial charge in [-0.3, -0.25) is 10.1 Å². The average Bonchev–Trinajstić information content (AvgIpc) is 3.11. The normalized spacial score (nSPS) is 12.6.